The molecule has 1 saturated heterocycles. The number of hydrogen-bond acceptors (Lipinski definition) is 7. The van der Waals surface area contributed by atoms with E-state index in [-0.39, 0.29) is 6.10 Å². The van der Waals surface area contributed by atoms with Crippen LogP contribution < -0.4 is 20.7 Å². The fourth-order valence-electron chi connectivity index (χ4n) is 3.04. The van der Waals surface area contributed by atoms with E-state index in [4.69, 9.17) is 15.7 Å². The number of nitriles is 1. The molecule has 146 valence electrons. The molecule has 3 rings (SSSR count). The number of rotatable bonds is 6. The van der Waals surface area contributed by atoms with Gasteiger partial charge in [0.2, 0.25) is 11.9 Å². The molecule has 0 aliphatic carbocycles. The van der Waals surface area contributed by atoms with E-state index in [9.17, 15) is 4.79 Å². The van der Waals surface area contributed by atoms with Crippen molar-refractivity contribution in [3.8, 4) is 11.8 Å². The van der Waals surface area contributed by atoms with Crippen LogP contribution in [-0.4, -0.2) is 41.1 Å². The molecule has 1 atom stereocenters. The maximum Gasteiger partial charge on any atom is 0.239 e. The van der Waals surface area contributed by atoms with Gasteiger partial charge in [0.15, 0.2) is 0 Å². The van der Waals surface area contributed by atoms with Gasteiger partial charge >= 0.3 is 0 Å². The molecule has 1 amide bonds. The Morgan fingerprint density at radius 2 is 2.00 bits per heavy atom. The van der Waals surface area contributed by atoms with Crippen LogP contribution in [0.1, 0.15) is 31.0 Å². The van der Waals surface area contributed by atoms with Gasteiger partial charge in [0.1, 0.15) is 23.7 Å². The van der Waals surface area contributed by atoms with E-state index < -0.39 is 11.9 Å². The van der Waals surface area contributed by atoms with Gasteiger partial charge in [-0.25, -0.2) is 4.98 Å². The Morgan fingerprint density at radius 1 is 1.32 bits per heavy atom. The Bertz CT molecular complexity index is 869. The number of piperidine rings is 1. The molecule has 1 aliphatic heterocycles. The van der Waals surface area contributed by atoms with Gasteiger partial charge in [-0.15, -0.1) is 0 Å². The molecule has 1 unspecified atom stereocenters. The van der Waals surface area contributed by atoms with E-state index in [0.29, 0.717) is 17.3 Å². The summed E-state index contributed by atoms with van der Waals surface area (Å²) in [6, 6.07) is 10.6. The molecule has 0 radical (unpaired) electrons. The fourth-order valence-corrected chi connectivity index (χ4v) is 3.04. The van der Waals surface area contributed by atoms with Crippen molar-refractivity contribution in [2.75, 3.05) is 23.3 Å². The highest BCUT2D eigenvalue weighted by Crippen LogP contribution is 2.23. The second kappa shape index (κ2) is 8.57. The molecule has 1 aromatic heterocycles. The van der Waals surface area contributed by atoms with Crippen LogP contribution in [0.25, 0.3) is 0 Å². The molecule has 28 heavy (non-hydrogen) atoms. The third kappa shape index (κ3) is 4.88. The number of nitrogens with zero attached hydrogens (tertiary/aromatic N) is 4. The van der Waals surface area contributed by atoms with E-state index in [1.165, 1.54) is 0 Å². The molecule has 1 fully saturated rings. The Balaban J connectivity index is 1.60. The Hall–Kier alpha value is -3.34. The molecule has 8 nitrogen and oxygen atoms in total. The number of primary amides is 1. The number of benzene rings is 1. The first-order valence-electron chi connectivity index (χ1n) is 9.28. The van der Waals surface area contributed by atoms with Crippen molar-refractivity contribution in [2.24, 2.45) is 5.73 Å². The molecular formula is C20H24N6O2. The lowest BCUT2D eigenvalue weighted by Crippen LogP contribution is -2.39. The lowest BCUT2D eigenvalue weighted by Gasteiger charge is -2.32. The highest BCUT2D eigenvalue weighted by Gasteiger charge is 2.23. The van der Waals surface area contributed by atoms with E-state index in [2.05, 4.69) is 26.3 Å². The Kier molecular flexibility index (Phi) is 5.94. The van der Waals surface area contributed by atoms with Crippen molar-refractivity contribution in [3.05, 3.63) is 41.6 Å². The van der Waals surface area contributed by atoms with Crippen LogP contribution in [-0.2, 0) is 4.79 Å². The van der Waals surface area contributed by atoms with E-state index in [0.717, 1.165) is 37.4 Å². The largest absolute Gasteiger partial charge is 0.490 e. The number of nitrogens with two attached hydrogens (primary N) is 1. The normalized spacial score (nSPS) is 15.5. The minimum atomic E-state index is -0.506. The molecule has 0 saturated carbocycles. The fraction of sp³-hybridized carbons (Fsp3) is 0.400. The number of aromatic nitrogens is 2. The van der Waals surface area contributed by atoms with Gasteiger partial charge in [0.05, 0.1) is 11.6 Å². The maximum atomic E-state index is 11.3. The van der Waals surface area contributed by atoms with Crippen LogP contribution in [0, 0.1) is 18.3 Å². The van der Waals surface area contributed by atoms with E-state index in [1.807, 2.05) is 19.1 Å². The SMILES string of the molecule is Cc1cc(NC(C)C(N)=O)nc(N2CCC(Oc3ccc(C#N)cc3)CC2)n1. The second-order valence-corrected chi connectivity index (χ2v) is 6.90. The van der Waals surface area contributed by atoms with Gasteiger partial charge in [0.25, 0.3) is 0 Å². The number of nitrogens with one attached hydrogen (secondary N) is 1. The maximum absolute atomic E-state index is 11.3. The topological polar surface area (TPSA) is 117 Å². The third-order valence-electron chi connectivity index (χ3n) is 4.64. The number of carbonyl (C=O) groups excluding carboxylic acids is 1. The van der Waals surface area contributed by atoms with Crippen LogP contribution >= 0.6 is 0 Å². The first kappa shape index (κ1) is 19.4. The monoisotopic (exact) mass is 380 g/mol. The van der Waals surface area contributed by atoms with Gasteiger partial charge in [-0.2, -0.15) is 10.2 Å². The summed E-state index contributed by atoms with van der Waals surface area (Å²) in [5.41, 5.74) is 6.75. The first-order valence-corrected chi connectivity index (χ1v) is 9.28. The van der Waals surface area contributed by atoms with Gasteiger partial charge in [-0.05, 0) is 38.1 Å². The average Bonchev–Trinajstić information content (AvgIpc) is 2.68. The van der Waals surface area contributed by atoms with Crippen LogP contribution in [0.5, 0.6) is 5.75 Å². The summed E-state index contributed by atoms with van der Waals surface area (Å²) in [7, 11) is 0. The van der Waals surface area contributed by atoms with Gasteiger partial charge in [0, 0.05) is 37.7 Å². The quantitative estimate of drug-likeness (QED) is 0.787. The van der Waals surface area contributed by atoms with Gasteiger partial charge in [-0.3, -0.25) is 4.79 Å². The number of carbonyl (C=O) groups is 1. The molecule has 1 aliphatic rings. The summed E-state index contributed by atoms with van der Waals surface area (Å²) >= 11 is 0. The number of hydrogen-bond donors (Lipinski definition) is 2. The standard InChI is InChI=1S/C20H24N6O2/c1-13-11-18(24-14(2)19(22)27)25-20(23-13)26-9-7-17(8-10-26)28-16-5-3-15(12-21)4-6-16/h3-6,11,14,17H,7-10H2,1-2H3,(H2,22,27)(H,23,24,25). The van der Waals surface area contributed by atoms with Crippen molar-refractivity contribution < 1.29 is 9.53 Å². The lowest BCUT2D eigenvalue weighted by atomic mass is 10.1. The van der Waals surface area contributed by atoms with Crippen LogP contribution in [0.4, 0.5) is 11.8 Å². The third-order valence-corrected chi connectivity index (χ3v) is 4.64. The molecule has 3 N–H and O–H groups in total. The number of ether oxygens (including phenoxy) is 1. The van der Waals surface area contributed by atoms with Gasteiger partial charge < -0.3 is 20.7 Å². The van der Waals surface area contributed by atoms with Crippen molar-refractivity contribution in [1.82, 2.24) is 9.97 Å². The van der Waals surface area contributed by atoms with Crippen LogP contribution in [0.2, 0.25) is 0 Å². The number of amides is 1. The van der Waals surface area contributed by atoms with Crippen LogP contribution in [0.3, 0.4) is 0 Å². The zero-order valence-corrected chi connectivity index (χ0v) is 16.1. The summed E-state index contributed by atoms with van der Waals surface area (Å²) in [5.74, 6) is 1.57. The molecule has 0 spiro atoms. The summed E-state index contributed by atoms with van der Waals surface area (Å²) in [4.78, 5) is 22.4. The number of anilines is 2. The summed E-state index contributed by atoms with van der Waals surface area (Å²) < 4.78 is 6.02. The van der Waals surface area contributed by atoms with Crippen molar-refractivity contribution in [3.63, 3.8) is 0 Å². The minimum Gasteiger partial charge on any atom is -0.490 e. The van der Waals surface area contributed by atoms with Crippen molar-refractivity contribution in [1.29, 1.82) is 5.26 Å². The predicted molar refractivity (Wildman–Crippen MR) is 106 cm³/mol. The molecule has 0 bridgehead atoms. The minimum absolute atomic E-state index is 0.112. The highest BCUT2D eigenvalue weighted by atomic mass is 16.5. The summed E-state index contributed by atoms with van der Waals surface area (Å²) in [6.45, 7) is 5.14. The Morgan fingerprint density at radius 3 is 2.61 bits per heavy atom. The predicted octanol–water partition coefficient (Wildman–Crippen LogP) is 1.99. The smallest absolute Gasteiger partial charge is 0.239 e. The molecule has 1 aromatic carbocycles. The van der Waals surface area contributed by atoms with Crippen molar-refractivity contribution >= 4 is 17.7 Å². The number of aryl methyl sites for hydroxylation is 1. The lowest BCUT2D eigenvalue weighted by molar-refractivity contribution is -0.118. The molecule has 8 heteroatoms. The van der Waals surface area contributed by atoms with Crippen LogP contribution in [0.15, 0.2) is 30.3 Å². The average molecular weight is 380 g/mol. The second-order valence-electron chi connectivity index (χ2n) is 6.90. The Labute approximate surface area is 164 Å². The van der Waals surface area contributed by atoms with Gasteiger partial charge in [-0.1, -0.05) is 0 Å². The molecule has 2 heterocycles. The van der Waals surface area contributed by atoms with E-state index >= 15 is 0 Å². The van der Waals surface area contributed by atoms with Crippen molar-refractivity contribution in [2.45, 2.75) is 38.8 Å². The summed E-state index contributed by atoms with van der Waals surface area (Å²) in [5, 5.41) is 11.9. The zero-order chi connectivity index (χ0) is 20.1. The first-order chi connectivity index (χ1) is 13.4. The molecular weight excluding hydrogens is 356 g/mol. The highest BCUT2D eigenvalue weighted by molar-refractivity contribution is 5.82. The van der Waals surface area contributed by atoms with E-state index in [1.54, 1.807) is 25.1 Å². The summed E-state index contributed by atoms with van der Waals surface area (Å²) in [6.07, 6.45) is 1.80. The zero-order valence-electron chi connectivity index (χ0n) is 16.1. The molecule has 2 aromatic rings.